The van der Waals surface area contributed by atoms with Crippen molar-refractivity contribution in [2.24, 2.45) is 0 Å². The third-order valence-corrected chi connectivity index (χ3v) is 3.88. The Morgan fingerprint density at radius 3 is 2.65 bits per heavy atom. The Bertz CT molecular complexity index is 407. The van der Waals surface area contributed by atoms with Crippen molar-refractivity contribution in [3.63, 3.8) is 0 Å². The highest BCUT2D eigenvalue weighted by Crippen LogP contribution is 2.23. The molecular weight excluding hydrogens is 243 g/mol. The maximum Gasteiger partial charge on any atom is 0.336 e. The Hall–Kier alpha value is -1.07. The van der Waals surface area contributed by atoms with E-state index in [9.17, 15) is 14.3 Å². The quantitative estimate of drug-likeness (QED) is 0.852. The zero-order valence-corrected chi connectivity index (χ0v) is 10.5. The van der Waals surface area contributed by atoms with E-state index in [1.54, 1.807) is 6.92 Å². The summed E-state index contributed by atoms with van der Waals surface area (Å²) in [5.74, 6) is -1.25. The maximum atomic E-state index is 12.9. The summed E-state index contributed by atoms with van der Waals surface area (Å²) in [5, 5.41) is 18.3. The summed E-state index contributed by atoms with van der Waals surface area (Å²) in [5.41, 5.74) is 0.548. The van der Waals surface area contributed by atoms with Crippen molar-refractivity contribution in [2.45, 2.75) is 31.0 Å². The van der Waals surface area contributed by atoms with E-state index in [1.807, 2.05) is 6.92 Å². The second-order valence-electron chi connectivity index (χ2n) is 3.86. The Morgan fingerprint density at radius 1 is 1.47 bits per heavy atom. The molecule has 94 valence electrons. The number of hydrogen-bond acceptors (Lipinski definition) is 3. The molecule has 0 heterocycles. The number of carboxylic acids is 1. The van der Waals surface area contributed by atoms with E-state index in [1.165, 1.54) is 23.9 Å². The summed E-state index contributed by atoms with van der Waals surface area (Å²) in [7, 11) is 0. The van der Waals surface area contributed by atoms with Crippen LogP contribution in [0.5, 0.6) is 0 Å². The number of thioether (sulfide) groups is 1. The molecule has 17 heavy (non-hydrogen) atoms. The van der Waals surface area contributed by atoms with Gasteiger partial charge in [0.25, 0.3) is 0 Å². The van der Waals surface area contributed by atoms with E-state index in [0.29, 0.717) is 11.3 Å². The molecule has 0 aliphatic carbocycles. The molecule has 1 rings (SSSR count). The number of aliphatic hydroxyl groups is 1. The molecule has 2 atom stereocenters. The molecule has 3 nitrogen and oxygen atoms in total. The second kappa shape index (κ2) is 6.02. The Kier molecular flexibility index (Phi) is 4.96. The molecule has 0 amide bonds. The van der Waals surface area contributed by atoms with Crippen LogP contribution in [0.25, 0.3) is 0 Å². The molecule has 0 spiro atoms. The number of carboxylic acid groups (broad SMARTS) is 1. The highest BCUT2D eigenvalue weighted by Gasteiger charge is 2.14. The normalized spacial score (nSPS) is 14.4. The van der Waals surface area contributed by atoms with Gasteiger partial charge in [0.15, 0.2) is 0 Å². The van der Waals surface area contributed by atoms with Gasteiger partial charge in [0.1, 0.15) is 5.82 Å². The standard InChI is InChI=1S/C12H15FO3S/c1-7(14)8(2)17-6-9-3-4-10(13)5-11(9)12(15)16/h3-5,7-8,14H,6H2,1-2H3,(H,15,16). The molecule has 1 aromatic rings. The SMILES string of the molecule is CC(O)C(C)SCc1ccc(F)cc1C(=O)O. The first-order valence-corrected chi connectivity index (χ1v) is 6.28. The second-order valence-corrected chi connectivity index (χ2v) is 5.23. The molecule has 0 radical (unpaired) electrons. The van der Waals surface area contributed by atoms with Crippen LogP contribution in [0.2, 0.25) is 0 Å². The van der Waals surface area contributed by atoms with E-state index in [0.717, 1.165) is 6.07 Å². The Labute approximate surface area is 104 Å². The van der Waals surface area contributed by atoms with E-state index in [-0.39, 0.29) is 10.8 Å². The molecule has 0 saturated heterocycles. The van der Waals surface area contributed by atoms with Gasteiger partial charge in [-0.25, -0.2) is 9.18 Å². The molecule has 0 aliphatic rings. The van der Waals surface area contributed by atoms with Crippen LogP contribution in [0, 0.1) is 5.82 Å². The van der Waals surface area contributed by atoms with Crippen LogP contribution in [-0.4, -0.2) is 27.5 Å². The monoisotopic (exact) mass is 258 g/mol. The summed E-state index contributed by atoms with van der Waals surface area (Å²) in [4.78, 5) is 10.9. The number of benzene rings is 1. The smallest absolute Gasteiger partial charge is 0.336 e. The lowest BCUT2D eigenvalue weighted by molar-refractivity contribution is 0.0695. The van der Waals surface area contributed by atoms with Gasteiger partial charge in [-0.1, -0.05) is 13.0 Å². The highest BCUT2D eigenvalue weighted by molar-refractivity contribution is 7.99. The highest BCUT2D eigenvalue weighted by atomic mass is 32.2. The molecule has 2 unspecified atom stereocenters. The zero-order chi connectivity index (χ0) is 13.0. The average molecular weight is 258 g/mol. The van der Waals surface area contributed by atoms with Crippen LogP contribution in [-0.2, 0) is 5.75 Å². The molecule has 1 aromatic carbocycles. The molecule has 0 aromatic heterocycles. The minimum absolute atomic E-state index is 0.00157. The Balaban J connectivity index is 2.80. The van der Waals surface area contributed by atoms with Crippen LogP contribution in [0.15, 0.2) is 18.2 Å². The fraction of sp³-hybridized carbons (Fsp3) is 0.417. The molecule has 2 N–H and O–H groups in total. The predicted octanol–water partition coefficient (Wildman–Crippen LogP) is 2.53. The summed E-state index contributed by atoms with van der Waals surface area (Å²) >= 11 is 1.44. The minimum Gasteiger partial charge on any atom is -0.478 e. The van der Waals surface area contributed by atoms with Crippen LogP contribution in [0.1, 0.15) is 29.8 Å². The van der Waals surface area contributed by atoms with Gasteiger partial charge in [0.2, 0.25) is 0 Å². The lowest BCUT2D eigenvalue weighted by Gasteiger charge is -2.14. The van der Waals surface area contributed by atoms with Gasteiger partial charge in [-0.3, -0.25) is 0 Å². The summed E-state index contributed by atoms with van der Waals surface area (Å²) in [6, 6.07) is 3.74. The van der Waals surface area contributed by atoms with Crippen molar-refractivity contribution in [2.75, 3.05) is 0 Å². The third kappa shape index (κ3) is 4.02. The predicted molar refractivity (Wildman–Crippen MR) is 65.8 cm³/mol. The molecule has 0 aliphatic heterocycles. The largest absolute Gasteiger partial charge is 0.478 e. The number of rotatable bonds is 5. The fourth-order valence-electron chi connectivity index (χ4n) is 1.23. The van der Waals surface area contributed by atoms with E-state index in [2.05, 4.69) is 0 Å². The van der Waals surface area contributed by atoms with E-state index >= 15 is 0 Å². The van der Waals surface area contributed by atoms with Crippen LogP contribution < -0.4 is 0 Å². The van der Waals surface area contributed by atoms with E-state index in [4.69, 9.17) is 5.11 Å². The molecule has 0 bridgehead atoms. The Morgan fingerprint density at radius 2 is 2.12 bits per heavy atom. The lowest BCUT2D eigenvalue weighted by atomic mass is 10.1. The zero-order valence-electron chi connectivity index (χ0n) is 9.68. The first-order valence-electron chi connectivity index (χ1n) is 5.23. The summed E-state index contributed by atoms with van der Waals surface area (Å²) in [6.45, 7) is 3.54. The fourth-order valence-corrected chi connectivity index (χ4v) is 2.21. The topological polar surface area (TPSA) is 57.5 Å². The van der Waals surface area contributed by atoms with Gasteiger partial charge in [0, 0.05) is 11.0 Å². The summed E-state index contributed by atoms with van der Waals surface area (Å²) in [6.07, 6.45) is -0.464. The van der Waals surface area contributed by atoms with Crippen molar-refractivity contribution in [1.29, 1.82) is 0 Å². The summed E-state index contributed by atoms with van der Waals surface area (Å²) < 4.78 is 12.9. The van der Waals surface area contributed by atoms with Gasteiger partial charge >= 0.3 is 5.97 Å². The lowest BCUT2D eigenvalue weighted by Crippen LogP contribution is -2.15. The van der Waals surface area contributed by atoms with Gasteiger partial charge in [-0.2, -0.15) is 11.8 Å². The van der Waals surface area contributed by atoms with Crippen LogP contribution >= 0.6 is 11.8 Å². The van der Waals surface area contributed by atoms with Crippen LogP contribution in [0.4, 0.5) is 4.39 Å². The molecule has 0 saturated carbocycles. The number of halogens is 1. The number of hydrogen-bond donors (Lipinski definition) is 2. The van der Waals surface area contributed by atoms with Crippen LogP contribution in [0.3, 0.4) is 0 Å². The number of aromatic carboxylic acids is 1. The molecule has 5 heteroatoms. The van der Waals surface area contributed by atoms with E-state index < -0.39 is 17.9 Å². The first kappa shape index (κ1) is 14.0. The van der Waals surface area contributed by atoms with Gasteiger partial charge in [-0.05, 0) is 24.6 Å². The van der Waals surface area contributed by atoms with Crippen molar-refractivity contribution >= 4 is 17.7 Å². The van der Waals surface area contributed by atoms with Gasteiger partial charge < -0.3 is 10.2 Å². The first-order chi connectivity index (χ1) is 7.91. The average Bonchev–Trinajstić information content (AvgIpc) is 2.26. The number of carbonyl (C=O) groups is 1. The van der Waals surface area contributed by atoms with Crippen molar-refractivity contribution in [1.82, 2.24) is 0 Å². The maximum absolute atomic E-state index is 12.9. The molecular formula is C12H15FO3S. The minimum atomic E-state index is -1.13. The van der Waals surface area contributed by atoms with Crippen molar-refractivity contribution < 1.29 is 19.4 Å². The van der Waals surface area contributed by atoms with Gasteiger partial charge in [0.05, 0.1) is 11.7 Å². The third-order valence-electron chi connectivity index (χ3n) is 2.48. The van der Waals surface area contributed by atoms with Crippen molar-refractivity contribution in [3.05, 3.63) is 35.1 Å². The molecule has 0 fully saturated rings. The van der Waals surface area contributed by atoms with Crippen molar-refractivity contribution in [3.8, 4) is 0 Å². The number of aliphatic hydroxyl groups excluding tert-OH is 1. The van der Waals surface area contributed by atoms with Gasteiger partial charge in [-0.15, -0.1) is 0 Å².